The van der Waals surface area contributed by atoms with Gasteiger partial charge in [0.1, 0.15) is 0 Å². The lowest BCUT2D eigenvalue weighted by Gasteiger charge is -2.37. The average Bonchev–Trinajstić information content (AvgIpc) is 2.27. The number of hydrogen-bond donors (Lipinski definition) is 1. The van der Waals surface area contributed by atoms with Gasteiger partial charge in [0.05, 0.1) is 0 Å². The van der Waals surface area contributed by atoms with Crippen molar-refractivity contribution in [2.24, 2.45) is 11.7 Å². The Hall–Kier alpha value is -0.160. The van der Waals surface area contributed by atoms with Crippen molar-refractivity contribution in [2.45, 2.75) is 19.4 Å². The molecular formula is C13H28N4. The van der Waals surface area contributed by atoms with Crippen LogP contribution in [0.1, 0.15) is 13.3 Å². The van der Waals surface area contributed by atoms with Crippen molar-refractivity contribution in [3.8, 4) is 0 Å². The van der Waals surface area contributed by atoms with Gasteiger partial charge in [-0.3, -0.25) is 4.90 Å². The molecule has 0 aromatic carbocycles. The SMILES string of the molecule is CC1CC(N)CN(CCN2CCN(C)CC2)C1. The van der Waals surface area contributed by atoms with Crippen molar-refractivity contribution in [1.29, 1.82) is 0 Å². The second kappa shape index (κ2) is 6.14. The lowest BCUT2D eigenvalue weighted by Crippen LogP contribution is -2.51. The van der Waals surface area contributed by atoms with E-state index in [0.717, 1.165) is 12.5 Å². The second-order valence-corrected chi connectivity index (χ2v) is 6.01. The van der Waals surface area contributed by atoms with Gasteiger partial charge in [0.2, 0.25) is 0 Å². The molecule has 0 amide bonds. The van der Waals surface area contributed by atoms with Gasteiger partial charge in [-0.25, -0.2) is 0 Å². The molecule has 0 aliphatic carbocycles. The first-order chi connectivity index (χ1) is 8.13. The maximum Gasteiger partial charge on any atom is 0.0170 e. The number of nitrogens with zero attached hydrogens (tertiary/aromatic N) is 3. The molecule has 2 N–H and O–H groups in total. The molecule has 2 saturated heterocycles. The Morgan fingerprint density at radius 1 is 1.00 bits per heavy atom. The summed E-state index contributed by atoms with van der Waals surface area (Å²) in [5.74, 6) is 0.770. The molecule has 2 rings (SSSR count). The maximum atomic E-state index is 6.08. The lowest BCUT2D eigenvalue weighted by atomic mass is 9.97. The average molecular weight is 240 g/mol. The van der Waals surface area contributed by atoms with Gasteiger partial charge in [-0.05, 0) is 19.4 Å². The van der Waals surface area contributed by atoms with Crippen LogP contribution >= 0.6 is 0 Å². The van der Waals surface area contributed by atoms with Crippen molar-refractivity contribution in [2.75, 3.05) is 59.4 Å². The molecular weight excluding hydrogens is 212 g/mol. The molecule has 0 aromatic rings. The van der Waals surface area contributed by atoms with E-state index < -0.39 is 0 Å². The van der Waals surface area contributed by atoms with Crippen molar-refractivity contribution in [1.82, 2.24) is 14.7 Å². The molecule has 17 heavy (non-hydrogen) atoms. The highest BCUT2D eigenvalue weighted by Gasteiger charge is 2.22. The molecule has 0 saturated carbocycles. The van der Waals surface area contributed by atoms with Gasteiger partial charge >= 0.3 is 0 Å². The monoisotopic (exact) mass is 240 g/mol. The van der Waals surface area contributed by atoms with Gasteiger partial charge in [0, 0.05) is 58.4 Å². The maximum absolute atomic E-state index is 6.08. The van der Waals surface area contributed by atoms with E-state index in [1.165, 1.54) is 52.2 Å². The number of likely N-dealkylation sites (N-methyl/N-ethyl adjacent to an activating group) is 1. The normalized spacial score (nSPS) is 34.1. The number of likely N-dealkylation sites (tertiary alicyclic amines) is 1. The van der Waals surface area contributed by atoms with Crippen molar-refractivity contribution in [3.05, 3.63) is 0 Å². The smallest absolute Gasteiger partial charge is 0.0170 e. The molecule has 0 radical (unpaired) electrons. The first-order valence-electron chi connectivity index (χ1n) is 7.02. The Bertz CT molecular complexity index is 215. The highest BCUT2D eigenvalue weighted by molar-refractivity contribution is 4.80. The van der Waals surface area contributed by atoms with Crippen LogP contribution in [0.5, 0.6) is 0 Å². The van der Waals surface area contributed by atoms with Crippen LogP contribution in [0.25, 0.3) is 0 Å². The van der Waals surface area contributed by atoms with Crippen LogP contribution in [-0.2, 0) is 0 Å². The van der Waals surface area contributed by atoms with E-state index in [4.69, 9.17) is 5.73 Å². The minimum Gasteiger partial charge on any atom is -0.327 e. The zero-order valence-electron chi connectivity index (χ0n) is 11.4. The van der Waals surface area contributed by atoms with Crippen LogP contribution in [0.15, 0.2) is 0 Å². The fourth-order valence-corrected chi connectivity index (χ4v) is 3.05. The van der Waals surface area contributed by atoms with Gasteiger partial charge in [0.15, 0.2) is 0 Å². The Morgan fingerprint density at radius 3 is 2.29 bits per heavy atom. The summed E-state index contributed by atoms with van der Waals surface area (Å²) < 4.78 is 0. The van der Waals surface area contributed by atoms with Crippen LogP contribution in [0.4, 0.5) is 0 Å². The van der Waals surface area contributed by atoms with E-state index in [0.29, 0.717) is 6.04 Å². The van der Waals surface area contributed by atoms with Gasteiger partial charge in [-0.15, -0.1) is 0 Å². The molecule has 2 unspecified atom stereocenters. The molecule has 2 fully saturated rings. The molecule has 100 valence electrons. The zero-order valence-corrected chi connectivity index (χ0v) is 11.4. The predicted octanol–water partition coefficient (Wildman–Crippen LogP) is -0.0971. The molecule has 0 spiro atoms. The van der Waals surface area contributed by atoms with E-state index in [2.05, 4.69) is 28.7 Å². The van der Waals surface area contributed by atoms with Crippen LogP contribution in [0, 0.1) is 5.92 Å². The van der Waals surface area contributed by atoms with Crippen molar-refractivity contribution >= 4 is 0 Å². The molecule has 2 heterocycles. The summed E-state index contributed by atoms with van der Waals surface area (Å²) in [6, 6.07) is 0.395. The van der Waals surface area contributed by atoms with Gasteiger partial charge in [-0.1, -0.05) is 6.92 Å². The second-order valence-electron chi connectivity index (χ2n) is 6.01. The first kappa shape index (κ1) is 13.3. The van der Waals surface area contributed by atoms with Crippen molar-refractivity contribution < 1.29 is 0 Å². The number of piperazine rings is 1. The van der Waals surface area contributed by atoms with Crippen LogP contribution < -0.4 is 5.73 Å². The highest BCUT2D eigenvalue weighted by atomic mass is 15.3. The summed E-state index contributed by atoms with van der Waals surface area (Å²) in [4.78, 5) is 7.55. The number of rotatable bonds is 3. The van der Waals surface area contributed by atoms with Gasteiger partial charge < -0.3 is 15.5 Å². The van der Waals surface area contributed by atoms with E-state index in [1.54, 1.807) is 0 Å². The van der Waals surface area contributed by atoms with Gasteiger partial charge in [0.25, 0.3) is 0 Å². The highest BCUT2D eigenvalue weighted by Crippen LogP contribution is 2.14. The van der Waals surface area contributed by atoms with Crippen molar-refractivity contribution in [3.63, 3.8) is 0 Å². The minimum absolute atomic E-state index is 0.395. The third kappa shape index (κ3) is 4.21. The minimum atomic E-state index is 0.395. The summed E-state index contributed by atoms with van der Waals surface area (Å²) in [5, 5.41) is 0. The molecule has 4 nitrogen and oxygen atoms in total. The van der Waals surface area contributed by atoms with Crippen LogP contribution in [0.2, 0.25) is 0 Å². The molecule has 4 heteroatoms. The summed E-state index contributed by atoms with van der Waals surface area (Å²) >= 11 is 0. The first-order valence-corrected chi connectivity index (χ1v) is 7.02. The Balaban J connectivity index is 1.67. The standard InChI is InChI=1S/C13H28N4/c1-12-9-13(14)11-17(10-12)8-7-16-5-3-15(2)4-6-16/h12-13H,3-11,14H2,1-2H3. The largest absolute Gasteiger partial charge is 0.327 e. The fraction of sp³-hybridized carbons (Fsp3) is 1.00. The topological polar surface area (TPSA) is 35.7 Å². The zero-order chi connectivity index (χ0) is 12.3. The Morgan fingerprint density at radius 2 is 1.65 bits per heavy atom. The number of piperidine rings is 1. The van der Waals surface area contributed by atoms with Crippen LogP contribution in [-0.4, -0.2) is 80.1 Å². The third-order valence-corrected chi connectivity index (χ3v) is 4.10. The lowest BCUT2D eigenvalue weighted by molar-refractivity contribution is 0.112. The van der Waals surface area contributed by atoms with E-state index in [1.807, 2.05) is 0 Å². The summed E-state index contributed by atoms with van der Waals surface area (Å²) in [6.07, 6.45) is 1.20. The van der Waals surface area contributed by atoms with E-state index in [-0.39, 0.29) is 0 Å². The Kier molecular flexibility index (Phi) is 4.79. The molecule has 2 atom stereocenters. The van der Waals surface area contributed by atoms with E-state index in [9.17, 15) is 0 Å². The van der Waals surface area contributed by atoms with Gasteiger partial charge in [-0.2, -0.15) is 0 Å². The number of hydrogen-bond acceptors (Lipinski definition) is 4. The quantitative estimate of drug-likeness (QED) is 0.747. The summed E-state index contributed by atoms with van der Waals surface area (Å²) in [7, 11) is 2.21. The summed E-state index contributed by atoms with van der Waals surface area (Å²) in [5.41, 5.74) is 6.08. The molecule has 0 aromatic heterocycles. The Labute approximate surface area is 106 Å². The van der Waals surface area contributed by atoms with Crippen LogP contribution in [0.3, 0.4) is 0 Å². The molecule has 2 aliphatic heterocycles. The predicted molar refractivity (Wildman–Crippen MR) is 72.1 cm³/mol. The molecule has 2 aliphatic rings. The molecule has 0 bridgehead atoms. The fourth-order valence-electron chi connectivity index (χ4n) is 3.05. The van der Waals surface area contributed by atoms with E-state index >= 15 is 0 Å². The third-order valence-electron chi connectivity index (χ3n) is 4.10. The number of nitrogens with two attached hydrogens (primary N) is 1. The summed E-state index contributed by atoms with van der Waals surface area (Å²) in [6.45, 7) is 12.0.